The number of allylic oxidation sites excluding steroid dienone is 5. The summed E-state index contributed by atoms with van der Waals surface area (Å²) in [6.07, 6.45) is 6.04. The maximum atomic E-state index is 12.3. The second-order valence-corrected chi connectivity index (χ2v) is 7.72. The van der Waals surface area contributed by atoms with Crippen LogP contribution in [0.1, 0.15) is 54.4 Å². The molecule has 2 heteroatoms. The number of ketones is 1. The van der Waals surface area contributed by atoms with Crippen LogP contribution in [-0.2, 0) is 4.79 Å². The normalized spacial score (nSPS) is 30.8. The molecule has 1 heterocycles. The number of hydrogen-bond donors (Lipinski definition) is 0. The first-order chi connectivity index (χ1) is 9.66. The highest BCUT2D eigenvalue weighted by atomic mass is 16.1. The van der Waals surface area contributed by atoms with Gasteiger partial charge in [-0.25, -0.2) is 0 Å². The minimum absolute atomic E-state index is 0.0306. The van der Waals surface area contributed by atoms with Crippen molar-refractivity contribution in [3.8, 4) is 0 Å². The highest BCUT2D eigenvalue weighted by Crippen LogP contribution is 2.54. The van der Waals surface area contributed by atoms with Crippen molar-refractivity contribution < 1.29 is 4.79 Å². The second kappa shape index (κ2) is 4.28. The molecule has 0 aromatic heterocycles. The number of dihydropyridines is 1. The molecule has 1 atom stereocenters. The third kappa shape index (κ3) is 1.99. The number of rotatable bonds is 1. The van der Waals surface area contributed by atoms with Crippen LogP contribution in [-0.4, -0.2) is 17.0 Å². The van der Waals surface area contributed by atoms with Gasteiger partial charge in [-0.05, 0) is 62.0 Å². The third-order valence-corrected chi connectivity index (χ3v) is 5.44. The van der Waals surface area contributed by atoms with Gasteiger partial charge in [-0.2, -0.15) is 0 Å². The molecule has 21 heavy (non-hydrogen) atoms. The highest BCUT2D eigenvalue weighted by Gasteiger charge is 2.49. The lowest BCUT2D eigenvalue weighted by atomic mass is 9.63. The van der Waals surface area contributed by atoms with Gasteiger partial charge in [-0.15, -0.1) is 0 Å². The Kier molecular flexibility index (Phi) is 2.96. The van der Waals surface area contributed by atoms with Crippen molar-refractivity contribution in [1.29, 1.82) is 0 Å². The first-order valence-electron chi connectivity index (χ1n) is 7.91. The number of aliphatic imine (C=N–C) groups is 1. The van der Waals surface area contributed by atoms with Crippen molar-refractivity contribution >= 4 is 11.5 Å². The van der Waals surface area contributed by atoms with Crippen LogP contribution in [0.4, 0.5) is 0 Å². The van der Waals surface area contributed by atoms with E-state index in [-0.39, 0.29) is 11.0 Å². The topological polar surface area (TPSA) is 29.4 Å². The maximum Gasteiger partial charge on any atom is 0.159 e. The molecule has 0 saturated carbocycles. The Morgan fingerprint density at radius 3 is 2.48 bits per heavy atom. The average molecular weight is 283 g/mol. The summed E-state index contributed by atoms with van der Waals surface area (Å²) in [7, 11) is 0. The van der Waals surface area contributed by atoms with Crippen molar-refractivity contribution in [2.24, 2.45) is 16.3 Å². The molecule has 0 fully saturated rings. The number of carbonyl (C=O) groups excluding carboxylic acids is 1. The van der Waals surface area contributed by atoms with E-state index < -0.39 is 0 Å². The Hall–Kier alpha value is -1.44. The van der Waals surface area contributed by atoms with Crippen LogP contribution in [0.5, 0.6) is 0 Å². The van der Waals surface area contributed by atoms with Crippen LogP contribution in [0, 0.1) is 11.3 Å². The van der Waals surface area contributed by atoms with Crippen LogP contribution < -0.4 is 0 Å². The van der Waals surface area contributed by atoms with Crippen molar-refractivity contribution in [2.75, 3.05) is 0 Å². The fourth-order valence-electron chi connectivity index (χ4n) is 4.22. The molecule has 0 radical (unpaired) electrons. The molecule has 2 aliphatic carbocycles. The zero-order chi connectivity index (χ0) is 15.6. The Morgan fingerprint density at radius 1 is 1.19 bits per heavy atom. The van der Waals surface area contributed by atoms with Gasteiger partial charge < -0.3 is 0 Å². The molecule has 0 saturated heterocycles. The Bertz CT molecular complexity index is 655. The summed E-state index contributed by atoms with van der Waals surface area (Å²) in [6.45, 7) is 12.9. The van der Waals surface area contributed by atoms with Gasteiger partial charge in [0.1, 0.15) is 0 Å². The van der Waals surface area contributed by atoms with Gasteiger partial charge in [-0.3, -0.25) is 9.79 Å². The molecule has 0 amide bonds. The number of hydrogen-bond acceptors (Lipinski definition) is 2. The van der Waals surface area contributed by atoms with E-state index in [1.54, 1.807) is 0 Å². The molecule has 0 N–H and O–H groups in total. The first-order valence-corrected chi connectivity index (χ1v) is 7.91. The van der Waals surface area contributed by atoms with Crippen LogP contribution in [0.15, 0.2) is 39.4 Å². The molecule has 0 aromatic carbocycles. The standard InChI is InChI=1S/C19H25NO/c1-11(2)19-9-16-14(12(3)8-18(5,6)20-16)7-15(19)13(4)17(21)10-19/h7-8,11H,9-10H2,1-6H3. The van der Waals surface area contributed by atoms with E-state index >= 15 is 0 Å². The predicted octanol–water partition coefficient (Wildman–Crippen LogP) is 4.43. The number of carbonyl (C=O) groups is 1. The molecule has 1 unspecified atom stereocenters. The van der Waals surface area contributed by atoms with Gasteiger partial charge in [0.2, 0.25) is 0 Å². The molecule has 112 valence electrons. The Morgan fingerprint density at radius 2 is 1.86 bits per heavy atom. The summed E-state index contributed by atoms with van der Waals surface area (Å²) in [5.74, 6) is 0.763. The van der Waals surface area contributed by atoms with Crippen molar-refractivity contribution in [1.82, 2.24) is 0 Å². The number of Topliss-reactive ketones (excluding diaryl/α,β-unsaturated/α-hetero) is 1. The van der Waals surface area contributed by atoms with Gasteiger partial charge >= 0.3 is 0 Å². The van der Waals surface area contributed by atoms with Crippen LogP contribution in [0.2, 0.25) is 0 Å². The van der Waals surface area contributed by atoms with Crippen LogP contribution >= 0.6 is 0 Å². The Balaban J connectivity index is 2.22. The van der Waals surface area contributed by atoms with E-state index in [2.05, 4.69) is 46.8 Å². The van der Waals surface area contributed by atoms with E-state index in [9.17, 15) is 4.79 Å². The van der Waals surface area contributed by atoms with Crippen molar-refractivity contribution in [3.63, 3.8) is 0 Å². The van der Waals surface area contributed by atoms with Gasteiger partial charge in [0.15, 0.2) is 5.78 Å². The minimum Gasteiger partial charge on any atom is -0.295 e. The highest BCUT2D eigenvalue weighted by molar-refractivity contribution is 6.10. The van der Waals surface area contributed by atoms with Crippen molar-refractivity contribution in [2.45, 2.75) is 59.9 Å². The minimum atomic E-state index is -0.131. The largest absolute Gasteiger partial charge is 0.295 e. The van der Waals surface area contributed by atoms with E-state index in [4.69, 9.17) is 4.99 Å². The summed E-state index contributed by atoms with van der Waals surface area (Å²) < 4.78 is 0. The molecule has 0 aromatic rings. The van der Waals surface area contributed by atoms with Gasteiger partial charge in [0.05, 0.1) is 5.54 Å². The fourth-order valence-corrected chi connectivity index (χ4v) is 4.22. The number of fused-ring (bicyclic) bond motifs is 2. The molecule has 3 aliphatic rings. The summed E-state index contributed by atoms with van der Waals surface area (Å²) in [6, 6.07) is 0. The molecular formula is C19H25NO. The quantitative estimate of drug-likeness (QED) is 0.700. The van der Waals surface area contributed by atoms with E-state index in [0.29, 0.717) is 18.1 Å². The maximum absolute atomic E-state index is 12.3. The lowest BCUT2D eigenvalue weighted by Crippen LogP contribution is -2.37. The number of nitrogens with zero attached hydrogens (tertiary/aromatic N) is 1. The fraction of sp³-hybridized carbons (Fsp3) is 0.579. The zero-order valence-electron chi connectivity index (χ0n) is 14.0. The third-order valence-electron chi connectivity index (χ3n) is 5.44. The van der Waals surface area contributed by atoms with Gasteiger partial charge in [0, 0.05) is 24.0 Å². The molecule has 3 rings (SSSR count). The second-order valence-electron chi connectivity index (χ2n) is 7.72. The lowest BCUT2D eigenvalue weighted by molar-refractivity contribution is -0.116. The molecule has 0 spiro atoms. The SMILES string of the molecule is CC1=CC(C)(C)N=C2CC3(C(C)C)CC(=O)C(C)=C3C=C12. The van der Waals surface area contributed by atoms with Crippen LogP contribution in [0.25, 0.3) is 0 Å². The van der Waals surface area contributed by atoms with E-state index in [1.165, 1.54) is 22.4 Å². The smallest absolute Gasteiger partial charge is 0.159 e. The van der Waals surface area contributed by atoms with E-state index in [0.717, 1.165) is 12.0 Å². The average Bonchev–Trinajstić information content (AvgIpc) is 2.59. The summed E-state index contributed by atoms with van der Waals surface area (Å²) >= 11 is 0. The van der Waals surface area contributed by atoms with Gasteiger partial charge in [-0.1, -0.05) is 19.9 Å². The lowest BCUT2D eigenvalue weighted by Gasteiger charge is -2.41. The predicted molar refractivity (Wildman–Crippen MR) is 87.6 cm³/mol. The first kappa shape index (κ1) is 14.5. The zero-order valence-corrected chi connectivity index (χ0v) is 14.0. The Labute approximate surface area is 127 Å². The summed E-state index contributed by atoms with van der Waals surface area (Å²) in [5, 5.41) is 0. The monoisotopic (exact) mass is 283 g/mol. The molecule has 2 nitrogen and oxygen atoms in total. The van der Waals surface area contributed by atoms with Crippen molar-refractivity contribution in [3.05, 3.63) is 34.4 Å². The van der Waals surface area contributed by atoms with E-state index in [1.807, 2.05) is 6.92 Å². The summed E-state index contributed by atoms with van der Waals surface area (Å²) in [4.78, 5) is 17.3. The molecule has 0 bridgehead atoms. The van der Waals surface area contributed by atoms with Crippen LogP contribution in [0.3, 0.4) is 0 Å². The molecule has 1 aliphatic heterocycles. The van der Waals surface area contributed by atoms with Gasteiger partial charge in [0.25, 0.3) is 0 Å². The summed E-state index contributed by atoms with van der Waals surface area (Å²) in [5.41, 5.74) is 5.80. The molecular weight excluding hydrogens is 258 g/mol.